The molecule has 1 amide bonds. The van der Waals surface area contributed by atoms with E-state index in [-0.39, 0.29) is 24.1 Å². The number of nitrogens with one attached hydrogen (secondary N) is 1. The standard InChI is InChI=1S/C19H22N6O2/c1-13-4-3-5-14-17(13)22-12-24(19(14)27)11-16(26)25-9-6-20-10-15(25)18-21-7-8-23(18)2/h3-5,7-8,12,15,20H,6,9-11H2,1-2H3. The third-order valence-corrected chi connectivity index (χ3v) is 5.08. The van der Waals surface area contributed by atoms with Gasteiger partial charge in [0.15, 0.2) is 0 Å². The number of hydrogen-bond donors (Lipinski definition) is 1. The van der Waals surface area contributed by atoms with Gasteiger partial charge in [0, 0.05) is 39.1 Å². The number of carbonyl (C=O) groups is 1. The minimum atomic E-state index is -0.194. The third kappa shape index (κ3) is 3.12. The maximum atomic E-state index is 13.0. The molecule has 1 aliphatic heterocycles. The zero-order valence-electron chi connectivity index (χ0n) is 15.4. The average Bonchev–Trinajstić information content (AvgIpc) is 3.10. The molecule has 1 atom stereocenters. The van der Waals surface area contributed by atoms with Crippen LogP contribution in [0.3, 0.4) is 0 Å². The van der Waals surface area contributed by atoms with Gasteiger partial charge in [0.1, 0.15) is 18.4 Å². The SMILES string of the molecule is Cc1cccc2c(=O)n(CC(=O)N3CCNCC3c3nccn3C)cnc12. The van der Waals surface area contributed by atoms with E-state index in [2.05, 4.69) is 15.3 Å². The second kappa shape index (κ2) is 6.96. The fraction of sp³-hybridized carbons (Fsp3) is 0.368. The van der Waals surface area contributed by atoms with Crippen molar-refractivity contribution in [2.24, 2.45) is 7.05 Å². The van der Waals surface area contributed by atoms with E-state index in [4.69, 9.17) is 0 Å². The lowest BCUT2D eigenvalue weighted by Gasteiger charge is -2.35. The summed E-state index contributed by atoms with van der Waals surface area (Å²) in [4.78, 5) is 36.4. The molecule has 1 saturated heterocycles. The van der Waals surface area contributed by atoms with E-state index in [0.717, 1.165) is 17.9 Å². The number of hydrogen-bond acceptors (Lipinski definition) is 5. The zero-order chi connectivity index (χ0) is 19.0. The Balaban J connectivity index is 1.63. The monoisotopic (exact) mass is 366 g/mol. The molecule has 0 bridgehead atoms. The van der Waals surface area contributed by atoms with Crippen LogP contribution in [-0.4, -0.2) is 49.5 Å². The Morgan fingerprint density at radius 1 is 1.33 bits per heavy atom. The molecule has 8 nitrogen and oxygen atoms in total. The number of benzene rings is 1. The molecule has 140 valence electrons. The van der Waals surface area contributed by atoms with Gasteiger partial charge in [-0.15, -0.1) is 0 Å². The van der Waals surface area contributed by atoms with Crippen LogP contribution in [0, 0.1) is 6.92 Å². The molecule has 27 heavy (non-hydrogen) atoms. The van der Waals surface area contributed by atoms with Crippen molar-refractivity contribution in [2.75, 3.05) is 19.6 Å². The Hall–Kier alpha value is -3.00. The highest BCUT2D eigenvalue weighted by Crippen LogP contribution is 2.21. The first kappa shape index (κ1) is 17.4. The van der Waals surface area contributed by atoms with Crippen LogP contribution >= 0.6 is 0 Å². The molecular weight excluding hydrogens is 344 g/mol. The highest BCUT2D eigenvalue weighted by Gasteiger charge is 2.30. The number of rotatable bonds is 3. The van der Waals surface area contributed by atoms with Gasteiger partial charge in [0.25, 0.3) is 5.56 Å². The van der Waals surface area contributed by atoms with E-state index in [1.54, 1.807) is 17.2 Å². The quantitative estimate of drug-likeness (QED) is 0.734. The van der Waals surface area contributed by atoms with E-state index in [1.165, 1.54) is 10.9 Å². The van der Waals surface area contributed by atoms with Gasteiger partial charge in [-0.1, -0.05) is 12.1 Å². The number of fused-ring (bicyclic) bond motifs is 1. The minimum Gasteiger partial charge on any atom is -0.336 e. The van der Waals surface area contributed by atoms with Gasteiger partial charge in [0.05, 0.1) is 17.2 Å². The first-order valence-electron chi connectivity index (χ1n) is 8.98. The maximum Gasteiger partial charge on any atom is 0.261 e. The fourth-order valence-corrected chi connectivity index (χ4v) is 3.62. The Morgan fingerprint density at radius 3 is 2.96 bits per heavy atom. The highest BCUT2D eigenvalue weighted by atomic mass is 16.2. The van der Waals surface area contributed by atoms with Crippen molar-refractivity contribution in [3.63, 3.8) is 0 Å². The summed E-state index contributed by atoms with van der Waals surface area (Å²) in [6.45, 7) is 3.82. The predicted molar refractivity (Wildman–Crippen MR) is 101 cm³/mol. The molecule has 2 aromatic heterocycles. The van der Waals surface area contributed by atoms with Gasteiger partial charge in [-0.2, -0.15) is 0 Å². The zero-order valence-corrected chi connectivity index (χ0v) is 15.4. The van der Waals surface area contributed by atoms with Crippen molar-refractivity contribution in [2.45, 2.75) is 19.5 Å². The number of carbonyl (C=O) groups excluding carboxylic acids is 1. The number of imidazole rings is 1. The van der Waals surface area contributed by atoms with E-state index in [1.807, 2.05) is 36.9 Å². The van der Waals surface area contributed by atoms with Gasteiger partial charge in [-0.25, -0.2) is 9.97 Å². The van der Waals surface area contributed by atoms with Crippen LogP contribution in [0.2, 0.25) is 0 Å². The number of nitrogens with zero attached hydrogens (tertiary/aromatic N) is 5. The Morgan fingerprint density at radius 2 is 2.19 bits per heavy atom. The topological polar surface area (TPSA) is 85.0 Å². The smallest absolute Gasteiger partial charge is 0.261 e. The summed E-state index contributed by atoms with van der Waals surface area (Å²) in [5, 5.41) is 3.85. The molecule has 0 radical (unpaired) electrons. The molecule has 3 aromatic rings. The molecule has 0 aliphatic carbocycles. The average molecular weight is 366 g/mol. The molecule has 0 saturated carbocycles. The molecule has 1 N–H and O–H groups in total. The molecule has 4 rings (SSSR count). The Kier molecular flexibility index (Phi) is 4.49. The normalized spacial score (nSPS) is 17.4. The molecule has 3 heterocycles. The van der Waals surface area contributed by atoms with Crippen LogP contribution in [0.25, 0.3) is 10.9 Å². The summed E-state index contributed by atoms with van der Waals surface area (Å²) in [6.07, 6.45) is 5.06. The third-order valence-electron chi connectivity index (χ3n) is 5.08. The van der Waals surface area contributed by atoms with Crippen molar-refractivity contribution in [3.8, 4) is 0 Å². The van der Waals surface area contributed by atoms with Crippen LogP contribution in [0.4, 0.5) is 0 Å². The molecule has 0 spiro atoms. The van der Waals surface area contributed by atoms with Crippen LogP contribution in [-0.2, 0) is 18.4 Å². The summed E-state index contributed by atoms with van der Waals surface area (Å²) in [7, 11) is 1.92. The number of piperazine rings is 1. The number of para-hydroxylation sites is 1. The van der Waals surface area contributed by atoms with Gasteiger partial charge >= 0.3 is 0 Å². The molecule has 1 unspecified atom stereocenters. The summed E-state index contributed by atoms with van der Waals surface area (Å²) in [5.74, 6) is 0.718. The van der Waals surface area contributed by atoms with E-state index in [0.29, 0.717) is 24.0 Å². The first-order chi connectivity index (χ1) is 13.1. The summed E-state index contributed by atoms with van der Waals surface area (Å²) < 4.78 is 3.31. The Labute approximate surface area is 156 Å². The summed E-state index contributed by atoms with van der Waals surface area (Å²) >= 11 is 0. The largest absolute Gasteiger partial charge is 0.336 e. The molecule has 1 aliphatic rings. The van der Waals surface area contributed by atoms with Crippen molar-refractivity contribution >= 4 is 16.8 Å². The van der Waals surface area contributed by atoms with E-state index < -0.39 is 0 Å². The number of aryl methyl sites for hydroxylation is 2. The molecular formula is C19H22N6O2. The lowest BCUT2D eigenvalue weighted by molar-refractivity contribution is -0.135. The van der Waals surface area contributed by atoms with Gasteiger partial charge in [-0.3, -0.25) is 14.2 Å². The van der Waals surface area contributed by atoms with E-state index in [9.17, 15) is 9.59 Å². The second-order valence-corrected chi connectivity index (χ2v) is 6.85. The van der Waals surface area contributed by atoms with Crippen LogP contribution < -0.4 is 10.9 Å². The van der Waals surface area contributed by atoms with Crippen molar-refractivity contribution in [3.05, 3.63) is 58.7 Å². The molecule has 8 heteroatoms. The molecule has 1 fully saturated rings. The summed E-state index contributed by atoms with van der Waals surface area (Å²) in [6, 6.07) is 5.35. The van der Waals surface area contributed by atoms with Crippen LogP contribution in [0.1, 0.15) is 17.4 Å². The Bertz CT molecular complexity index is 1050. The van der Waals surface area contributed by atoms with E-state index >= 15 is 0 Å². The van der Waals surface area contributed by atoms with Gasteiger partial charge in [-0.05, 0) is 18.6 Å². The van der Waals surface area contributed by atoms with Crippen LogP contribution in [0.5, 0.6) is 0 Å². The fourth-order valence-electron chi connectivity index (χ4n) is 3.62. The van der Waals surface area contributed by atoms with Crippen molar-refractivity contribution in [1.29, 1.82) is 0 Å². The maximum absolute atomic E-state index is 13.0. The van der Waals surface area contributed by atoms with Gasteiger partial charge < -0.3 is 14.8 Å². The predicted octanol–water partition coefficient (Wildman–Crippen LogP) is 0.612. The minimum absolute atomic E-state index is 0.0311. The van der Waals surface area contributed by atoms with Crippen LogP contribution in [0.15, 0.2) is 41.7 Å². The lowest BCUT2D eigenvalue weighted by Crippen LogP contribution is -2.50. The van der Waals surface area contributed by atoms with Gasteiger partial charge in [0.2, 0.25) is 5.91 Å². The number of aromatic nitrogens is 4. The second-order valence-electron chi connectivity index (χ2n) is 6.85. The summed E-state index contributed by atoms with van der Waals surface area (Å²) in [5.41, 5.74) is 1.43. The number of amides is 1. The van der Waals surface area contributed by atoms with Crippen molar-refractivity contribution < 1.29 is 4.79 Å². The molecule has 1 aromatic carbocycles. The lowest BCUT2D eigenvalue weighted by atomic mass is 10.1. The van der Waals surface area contributed by atoms with Crippen molar-refractivity contribution in [1.82, 2.24) is 29.3 Å². The first-order valence-corrected chi connectivity index (χ1v) is 8.98. The highest BCUT2D eigenvalue weighted by molar-refractivity contribution is 5.81.